The molecule has 30 heavy (non-hydrogen) atoms. The lowest BCUT2D eigenvalue weighted by atomic mass is 10.1. The quantitative estimate of drug-likeness (QED) is 0.408. The van der Waals surface area contributed by atoms with Gasteiger partial charge in [-0.15, -0.1) is 0 Å². The van der Waals surface area contributed by atoms with Gasteiger partial charge in [0.15, 0.2) is 6.61 Å². The van der Waals surface area contributed by atoms with Crippen molar-refractivity contribution in [2.45, 2.75) is 33.7 Å². The molecule has 0 unspecified atom stereocenters. The van der Waals surface area contributed by atoms with Crippen LogP contribution in [0.2, 0.25) is 0 Å². The number of anilines is 1. The first-order valence-electron chi connectivity index (χ1n) is 9.59. The monoisotopic (exact) mass is 409 g/mol. The average molecular weight is 409 g/mol. The van der Waals surface area contributed by atoms with Crippen molar-refractivity contribution in [2.75, 3.05) is 25.6 Å². The summed E-state index contributed by atoms with van der Waals surface area (Å²) in [4.78, 5) is 24.3. The molecule has 1 heterocycles. The number of hydrogen-bond acceptors (Lipinski definition) is 5. The second-order valence-corrected chi connectivity index (χ2v) is 7.16. The summed E-state index contributed by atoms with van der Waals surface area (Å²) < 4.78 is 12.3. The van der Waals surface area contributed by atoms with Crippen LogP contribution in [-0.4, -0.2) is 36.8 Å². The number of nitrogens with zero attached hydrogens (tertiary/aromatic N) is 2. The number of amides is 1. The van der Waals surface area contributed by atoms with E-state index in [1.165, 1.54) is 6.08 Å². The van der Waals surface area contributed by atoms with Gasteiger partial charge in [-0.05, 0) is 63.1 Å². The van der Waals surface area contributed by atoms with Gasteiger partial charge < -0.3 is 19.4 Å². The summed E-state index contributed by atoms with van der Waals surface area (Å²) in [6.45, 7) is 7.88. The van der Waals surface area contributed by atoms with E-state index in [9.17, 15) is 14.9 Å². The molecule has 1 aromatic carbocycles. The number of nitriles is 1. The zero-order valence-electron chi connectivity index (χ0n) is 18.0. The van der Waals surface area contributed by atoms with Gasteiger partial charge in [-0.2, -0.15) is 5.26 Å². The summed E-state index contributed by atoms with van der Waals surface area (Å²) in [6.07, 6.45) is 1.49. The number of esters is 1. The van der Waals surface area contributed by atoms with Crippen LogP contribution in [-0.2, 0) is 19.1 Å². The second-order valence-electron chi connectivity index (χ2n) is 7.16. The van der Waals surface area contributed by atoms with Gasteiger partial charge in [-0.1, -0.05) is 12.1 Å². The number of carbonyl (C=O) groups is 2. The molecule has 2 aromatic rings. The van der Waals surface area contributed by atoms with E-state index in [0.29, 0.717) is 12.3 Å². The van der Waals surface area contributed by atoms with Gasteiger partial charge in [0, 0.05) is 24.2 Å². The molecule has 7 heteroatoms. The van der Waals surface area contributed by atoms with Crippen LogP contribution in [0.1, 0.15) is 35.5 Å². The Labute approximate surface area is 176 Å². The van der Waals surface area contributed by atoms with Gasteiger partial charge >= 0.3 is 5.97 Å². The Balaban J connectivity index is 2.07. The molecule has 158 valence electrons. The maximum Gasteiger partial charge on any atom is 0.349 e. The molecule has 0 saturated heterocycles. The number of aromatic nitrogens is 1. The van der Waals surface area contributed by atoms with Crippen molar-refractivity contribution in [1.82, 2.24) is 4.57 Å². The molecule has 0 bridgehead atoms. The largest absolute Gasteiger partial charge is 0.451 e. The van der Waals surface area contributed by atoms with Gasteiger partial charge in [0.05, 0.1) is 12.6 Å². The van der Waals surface area contributed by atoms with Crippen LogP contribution in [0.15, 0.2) is 35.9 Å². The van der Waals surface area contributed by atoms with Gasteiger partial charge in [-0.3, -0.25) is 4.79 Å². The van der Waals surface area contributed by atoms with Crippen molar-refractivity contribution in [3.05, 3.63) is 58.4 Å². The zero-order chi connectivity index (χ0) is 22.3. The molecule has 1 atom stereocenters. The van der Waals surface area contributed by atoms with Crippen LogP contribution < -0.4 is 5.32 Å². The Morgan fingerprint density at radius 3 is 2.63 bits per heavy atom. The lowest BCUT2D eigenvalue weighted by molar-refractivity contribution is -0.142. The molecule has 7 nitrogen and oxygen atoms in total. The number of nitrogens with one attached hydrogen (secondary N) is 1. The van der Waals surface area contributed by atoms with Gasteiger partial charge in [0.1, 0.15) is 11.6 Å². The number of ether oxygens (including phenoxy) is 2. The van der Waals surface area contributed by atoms with Gasteiger partial charge in [0.25, 0.3) is 5.91 Å². The maximum atomic E-state index is 12.3. The van der Waals surface area contributed by atoms with E-state index in [-0.39, 0.29) is 11.6 Å². The predicted octanol–water partition coefficient (Wildman–Crippen LogP) is 3.71. The summed E-state index contributed by atoms with van der Waals surface area (Å²) in [5.41, 5.74) is 4.09. The molecule has 2 rings (SSSR count). The van der Waals surface area contributed by atoms with Gasteiger partial charge in [-0.25, -0.2) is 4.79 Å². The fourth-order valence-corrected chi connectivity index (χ4v) is 3.36. The highest BCUT2D eigenvalue weighted by molar-refractivity contribution is 6.00. The molecule has 0 radical (unpaired) electrons. The number of methoxy groups -OCH3 is 1. The van der Waals surface area contributed by atoms with Gasteiger partial charge in [0.2, 0.25) is 0 Å². The third-order valence-electron chi connectivity index (χ3n) is 4.65. The van der Waals surface area contributed by atoms with Crippen LogP contribution in [0.25, 0.3) is 6.08 Å². The first kappa shape index (κ1) is 22.9. The van der Waals surface area contributed by atoms with Crippen molar-refractivity contribution < 1.29 is 19.1 Å². The standard InChI is InChI=1S/C23H27N3O4/c1-15-7-6-8-21(9-15)25-22(27)14-30-23(28)20(12-24)11-19-10-16(2)26(18(19)4)17(3)13-29-5/h6-11,17H,13-14H2,1-5H3,(H,25,27)/b20-11+/t17-/m1/s1. The first-order valence-corrected chi connectivity index (χ1v) is 9.59. The summed E-state index contributed by atoms with van der Waals surface area (Å²) in [7, 11) is 1.64. The molecular weight excluding hydrogens is 382 g/mol. The summed E-state index contributed by atoms with van der Waals surface area (Å²) in [6, 6.07) is 11.1. The second kappa shape index (κ2) is 10.4. The van der Waals surface area contributed by atoms with E-state index in [1.54, 1.807) is 19.2 Å². The van der Waals surface area contributed by atoms with Crippen LogP contribution in [0, 0.1) is 32.1 Å². The van der Waals surface area contributed by atoms with E-state index < -0.39 is 18.5 Å². The smallest absolute Gasteiger partial charge is 0.349 e. The summed E-state index contributed by atoms with van der Waals surface area (Å²) in [5, 5.41) is 12.1. The molecule has 1 amide bonds. The Hall–Kier alpha value is -3.37. The fourth-order valence-electron chi connectivity index (χ4n) is 3.36. The van der Waals surface area contributed by atoms with Crippen molar-refractivity contribution in [3.8, 4) is 6.07 Å². The Kier molecular flexibility index (Phi) is 7.96. The highest BCUT2D eigenvalue weighted by atomic mass is 16.5. The fraction of sp³-hybridized carbons (Fsp3) is 0.348. The highest BCUT2D eigenvalue weighted by Gasteiger charge is 2.17. The molecule has 0 saturated carbocycles. The van der Waals surface area contributed by atoms with E-state index in [4.69, 9.17) is 9.47 Å². The number of rotatable bonds is 8. The number of carbonyl (C=O) groups excluding carboxylic acids is 2. The van der Waals surface area contributed by atoms with Crippen LogP contribution in [0.4, 0.5) is 5.69 Å². The molecular formula is C23H27N3O4. The Bertz CT molecular complexity index is 998. The van der Waals surface area contributed by atoms with E-state index in [2.05, 4.69) is 9.88 Å². The predicted molar refractivity (Wildman–Crippen MR) is 115 cm³/mol. The minimum atomic E-state index is -0.841. The lowest BCUT2D eigenvalue weighted by Crippen LogP contribution is -2.21. The molecule has 0 aliphatic carbocycles. The first-order chi connectivity index (χ1) is 14.3. The third-order valence-corrected chi connectivity index (χ3v) is 4.65. The minimum Gasteiger partial charge on any atom is -0.451 e. The number of aryl methyl sites for hydroxylation is 2. The third kappa shape index (κ3) is 5.82. The van der Waals surface area contributed by atoms with E-state index in [0.717, 1.165) is 22.5 Å². The number of hydrogen-bond donors (Lipinski definition) is 1. The molecule has 0 fully saturated rings. The van der Waals surface area contributed by atoms with E-state index in [1.807, 2.05) is 52.0 Å². The van der Waals surface area contributed by atoms with Crippen molar-refractivity contribution in [1.29, 1.82) is 5.26 Å². The average Bonchev–Trinajstić information content (AvgIpc) is 2.97. The summed E-state index contributed by atoms with van der Waals surface area (Å²) in [5.74, 6) is -1.32. The van der Waals surface area contributed by atoms with Crippen LogP contribution in [0.3, 0.4) is 0 Å². The highest BCUT2D eigenvalue weighted by Crippen LogP contribution is 2.23. The van der Waals surface area contributed by atoms with E-state index >= 15 is 0 Å². The van der Waals surface area contributed by atoms with Crippen LogP contribution in [0.5, 0.6) is 0 Å². The maximum absolute atomic E-state index is 12.3. The SMILES string of the molecule is COC[C@@H](C)n1c(C)cc(/C=C(\C#N)C(=O)OCC(=O)Nc2cccc(C)c2)c1C. The van der Waals surface area contributed by atoms with Crippen molar-refractivity contribution >= 4 is 23.6 Å². The summed E-state index contributed by atoms with van der Waals surface area (Å²) >= 11 is 0. The molecule has 0 aliphatic heterocycles. The van der Waals surface area contributed by atoms with Crippen molar-refractivity contribution in [2.24, 2.45) is 0 Å². The van der Waals surface area contributed by atoms with Crippen LogP contribution >= 0.6 is 0 Å². The topological polar surface area (TPSA) is 93.3 Å². The van der Waals surface area contributed by atoms with Crippen molar-refractivity contribution in [3.63, 3.8) is 0 Å². The molecule has 1 aromatic heterocycles. The minimum absolute atomic E-state index is 0.111. The Morgan fingerprint density at radius 2 is 2.00 bits per heavy atom. The Morgan fingerprint density at radius 1 is 1.27 bits per heavy atom. The lowest BCUT2D eigenvalue weighted by Gasteiger charge is -2.17. The number of benzene rings is 1. The molecule has 1 N–H and O–H groups in total. The normalized spacial score (nSPS) is 12.2. The zero-order valence-corrected chi connectivity index (χ0v) is 18.0. The molecule has 0 spiro atoms. The molecule has 0 aliphatic rings.